The van der Waals surface area contributed by atoms with Crippen molar-refractivity contribution in [2.75, 3.05) is 12.4 Å². The molecule has 3 aromatic heterocycles. The number of nitrogens with one attached hydrogen (secondary N) is 1. The van der Waals surface area contributed by atoms with E-state index in [1.165, 1.54) is 11.8 Å². The summed E-state index contributed by atoms with van der Waals surface area (Å²) in [6.07, 6.45) is -0.00917. The summed E-state index contributed by atoms with van der Waals surface area (Å²) in [7, 11) is 1.75. The van der Waals surface area contributed by atoms with Gasteiger partial charge in [-0.15, -0.1) is 11.3 Å². The number of Topliss-reactive ketones (excluding diaryl/α,β-unsaturated/α-hetero) is 1. The monoisotopic (exact) mass is 423 g/mol. The van der Waals surface area contributed by atoms with Gasteiger partial charge in [-0.2, -0.15) is 0 Å². The van der Waals surface area contributed by atoms with Crippen molar-refractivity contribution in [2.24, 2.45) is 11.3 Å². The van der Waals surface area contributed by atoms with Gasteiger partial charge in [-0.3, -0.25) is 4.79 Å². The largest absolute Gasteiger partial charge is 0.389 e. The molecule has 0 saturated heterocycles. The number of fused-ring (bicyclic) bond motifs is 2. The standard InChI is InChI=1S/C21H21N5O3S/c1-10-4-5-12(30-10)6-7-14-24-19(22-3)15-20(25-14)26(9-23-15)16-13-8-21(13,11(2)27)18(29)17(16)28/h4-5,9,13,16-18,28-29H,8H2,1-3H3,(H,22,24,25)/t13?,16-,17+,18+,21+/m1/s1. The topological polar surface area (TPSA) is 113 Å². The second kappa shape index (κ2) is 6.60. The van der Waals surface area contributed by atoms with Crippen LogP contribution < -0.4 is 5.32 Å². The van der Waals surface area contributed by atoms with E-state index < -0.39 is 23.7 Å². The summed E-state index contributed by atoms with van der Waals surface area (Å²) >= 11 is 1.60. The second-order valence-corrected chi connectivity index (χ2v) is 9.25. The Bertz CT molecular complexity index is 1240. The molecule has 2 aliphatic rings. The van der Waals surface area contributed by atoms with Crippen LogP contribution in [0, 0.1) is 30.1 Å². The maximum Gasteiger partial charge on any atom is 0.209 e. The molecule has 3 aromatic rings. The number of aliphatic hydroxyl groups is 2. The van der Waals surface area contributed by atoms with Crippen molar-refractivity contribution in [1.82, 2.24) is 19.5 Å². The van der Waals surface area contributed by atoms with E-state index in [0.717, 1.165) is 4.88 Å². The third-order valence-corrected chi connectivity index (χ3v) is 7.26. The lowest BCUT2D eigenvalue weighted by Crippen LogP contribution is -2.36. The number of ketones is 1. The molecule has 0 radical (unpaired) electrons. The molecule has 3 heterocycles. The van der Waals surface area contributed by atoms with Crippen molar-refractivity contribution in [3.05, 3.63) is 34.0 Å². The molecule has 5 rings (SSSR count). The highest BCUT2D eigenvalue weighted by Crippen LogP contribution is 2.68. The molecular formula is C21H21N5O3S. The van der Waals surface area contributed by atoms with Crippen LogP contribution in [0.5, 0.6) is 0 Å². The highest BCUT2D eigenvalue weighted by atomic mass is 32.1. The fourth-order valence-electron chi connectivity index (χ4n) is 4.76. The van der Waals surface area contributed by atoms with Gasteiger partial charge >= 0.3 is 0 Å². The zero-order chi connectivity index (χ0) is 21.2. The van der Waals surface area contributed by atoms with Gasteiger partial charge in [0.2, 0.25) is 5.82 Å². The van der Waals surface area contributed by atoms with E-state index in [0.29, 0.717) is 29.2 Å². The maximum atomic E-state index is 12.2. The quantitative estimate of drug-likeness (QED) is 0.547. The number of aryl methyl sites for hydroxylation is 1. The van der Waals surface area contributed by atoms with E-state index in [2.05, 4.69) is 32.1 Å². The first-order valence-corrected chi connectivity index (χ1v) is 10.6. The molecule has 1 unspecified atom stereocenters. The molecule has 0 aromatic carbocycles. The third kappa shape index (κ3) is 2.61. The van der Waals surface area contributed by atoms with Gasteiger partial charge in [-0.05, 0) is 50.2 Å². The zero-order valence-corrected chi connectivity index (χ0v) is 17.6. The lowest BCUT2D eigenvalue weighted by atomic mass is 9.95. The van der Waals surface area contributed by atoms with Crippen LogP contribution in [-0.2, 0) is 4.79 Å². The van der Waals surface area contributed by atoms with Crippen molar-refractivity contribution in [3.63, 3.8) is 0 Å². The SMILES string of the molecule is CNc1nc(C#Cc2ccc(C)s2)nc2c1ncn2[C@@H]1C2C[C@@]2(C(C)=O)[C@@H](O)[C@H]1O. The number of hydrogen-bond donors (Lipinski definition) is 3. The number of carbonyl (C=O) groups excluding carboxylic acids is 1. The molecular weight excluding hydrogens is 402 g/mol. The fraction of sp³-hybridized carbons (Fsp3) is 0.429. The first kappa shape index (κ1) is 19.2. The molecule has 30 heavy (non-hydrogen) atoms. The minimum absolute atomic E-state index is 0.0886. The average Bonchev–Trinajstić information content (AvgIpc) is 2.98. The van der Waals surface area contributed by atoms with E-state index in [9.17, 15) is 15.0 Å². The molecule has 2 saturated carbocycles. The molecule has 0 bridgehead atoms. The van der Waals surface area contributed by atoms with E-state index in [-0.39, 0.29) is 11.7 Å². The van der Waals surface area contributed by atoms with Gasteiger partial charge in [0.15, 0.2) is 17.0 Å². The first-order valence-electron chi connectivity index (χ1n) is 9.74. The molecule has 154 valence electrons. The van der Waals surface area contributed by atoms with Crippen molar-refractivity contribution in [2.45, 2.75) is 38.5 Å². The van der Waals surface area contributed by atoms with Crippen LogP contribution in [0.3, 0.4) is 0 Å². The van der Waals surface area contributed by atoms with Crippen molar-refractivity contribution >= 4 is 34.1 Å². The van der Waals surface area contributed by atoms with Gasteiger partial charge < -0.3 is 20.1 Å². The number of carbonyl (C=O) groups is 1. The summed E-state index contributed by atoms with van der Waals surface area (Å²) in [6.45, 7) is 3.50. The normalized spacial score (nSPS) is 29.4. The van der Waals surface area contributed by atoms with Gasteiger partial charge in [0.25, 0.3) is 0 Å². The average molecular weight is 423 g/mol. The lowest BCUT2D eigenvalue weighted by Gasteiger charge is -2.23. The van der Waals surface area contributed by atoms with Crippen LogP contribution in [0.4, 0.5) is 5.82 Å². The summed E-state index contributed by atoms with van der Waals surface area (Å²) in [4.78, 5) is 27.7. The fourth-order valence-corrected chi connectivity index (χ4v) is 5.48. The summed E-state index contributed by atoms with van der Waals surface area (Å²) in [5, 5.41) is 24.3. The summed E-state index contributed by atoms with van der Waals surface area (Å²) in [6, 6.07) is 3.49. The second-order valence-electron chi connectivity index (χ2n) is 7.96. The lowest BCUT2D eigenvalue weighted by molar-refractivity contribution is -0.128. The van der Waals surface area contributed by atoms with Gasteiger partial charge in [0.1, 0.15) is 11.9 Å². The van der Waals surface area contributed by atoms with E-state index in [1.807, 2.05) is 19.1 Å². The van der Waals surface area contributed by atoms with Crippen LogP contribution >= 0.6 is 11.3 Å². The number of anilines is 1. The van der Waals surface area contributed by atoms with Crippen LogP contribution in [0.25, 0.3) is 11.2 Å². The van der Waals surface area contributed by atoms with Gasteiger partial charge in [0.05, 0.1) is 28.8 Å². The Kier molecular flexibility index (Phi) is 4.22. The predicted octanol–water partition coefficient (Wildman–Crippen LogP) is 1.51. The Morgan fingerprint density at radius 2 is 2.13 bits per heavy atom. The molecule has 9 heteroatoms. The molecule has 0 aliphatic heterocycles. The molecule has 3 N–H and O–H groups in total. The number of rotatable bonds is 3. The number of imidazole rings is 1. The Morgan fingerprint density at radius 3 is 2.77 bits per heavy atom. The molecule has 8 nitrogen and oxygen atoms in total. The van der Waals surface area contributed by atoms with Crippen LogP contribution in [-0.4, -0.2) is 54.8 Å². The maximum absolute atomic E-state index is 12.2. The van der Waals surface area contributed by atoms with E-state index in [4.69, 9.17) is 0 Å². The van der Waals surface area contributed by atoms with Crippen molar-refractivity contribution in [1.29, 1.82) is 0 Å². The van der Waals surface area contributed by atoms with Gasteiger partial charge in [-0.1, -0.05) is 0 Å². The molecule has 2 aliphatic carbocycles. The van der Waals surface area contributed by atoms with Crippen molar-refractivity contribution in [3.8, 4) is 11.8 Å². The Labute approximate surface area is 177 Å². The Hall–Kier alpha value is -2.80. The van der Waals surface area contributed by atoms with E-state index >= 15 is 0 Å². The van der Waals surface area contributed by atoms with E-state index in [1.54, 1.807) is 29.3 Å². The smallest absolute Gasteiger partial charge is 0.209 e. The Morgan fingerprint density at radius 1 is 1.33 bits per heavy atom. The summed E-state index contributed by atoms with van der Waals surface area (Å²) in [5.74, 6) is 6.73. The minimum atomic E-state index is -1.09. The number of aromatic nitrogens is 4. The van der Waals surface area contributed by atoms with Crippen molar-refractivity contribution < 1.29 is 15.0 Å². The number of nitrogens with zero attached hydrogens (tertiary/aromatic N) is 4. The summed E-state index contributed by atoms with van der Waals surface area (Å²) in [5.41, 5.74) is 0.209. The molecule has 0 spiro atoms. The van der Waals surface area contributed by atoms with Crippen LogP contribution in [0.1, 0.15) is 35.0 Å². The first-order chi connectivity index (χ1) is 14.4. The summed E-state index contributed by atoms with van der Waals surface area (Å²) < 4.78 is 1.76. The highest BCUT2D eigenvalue weighted by Gasteiger charge is 2.74. The van der Waals surface area contributed by atoms with Gasteiger partial charge in [-0.25, -0.2) is 15.0 Å². The minimum Gasteiger partial charge on any atom is -0.389 e. The van der Waals surface area contributed by atoms with Crippen LogP contribution in [0.15, 0.2) is 18.5 Å². The van der Waals surface area contributed by atoms with Crippen LogP contribution in [0.2, 0.25) is 0 Å². The molecule has 2 fully saturated rings. The number of aliphatic hydroxyl groups excluding tert-OH is 2. The number of hydrogen-bond acceptors (Lipinski definition) is 8. The third-order valence-electron chi connectivity index (χ3n) is 6.35. The number of thiophene rings is 1. The Balaban J connectivity index is 1.59. The molecule has 5 atom stereocenters. The highest BCUT2D eigenvalue weighted by molar-refractivity contribution is 7.12. The predicted molar refractivity (Wildman–Crippen MR) is 112 cm³/mol. The molecule has 0 amide bonds. The zero-order valence-electron chi connectivity index (χ0n) is 16.7. The van der Waals surface area contributed by atoms with Gasteiger partial charge in [0, 0.05) is 11.9 Å².